The van der Waals surface area contributed by atoms with Crippen molar-refractivity contribution in [2.24, 2.45) is 0 Å². The number of nitrogens with one attached hydrogen (secondary N) is 1. The summed E-state index contributed by atoms with van der Waals surface area (Å²) in [4.78, 5) is 0. The Balaban J connectivity index is 2.19. The number of ether oxygens (including phenoxy) is 2. The molecule has 18 heavy (non-hydrogen) atoms. The van der Waals surface area contributed by atoms with Crippen LogP contribution >= 0.6 is 0 Å². The molecule has 0 saturated heterocycles. The third kappa shape index (κ3) is 5.62. The summed E-state index contributed by atoms with van der Waals surface area (Å²) in [5.74, 6) is 0. The second-order valence-corrected chi connectivity index (χ2v) is 4.27. The first kappa shape index (κ1) is 15.1. The molecule has 0 aromatic carbocycles. The maximum absolute atomic E-state index is 5.41. The molecule has 0 spiro atoms. The second kappa shape index (κ2) is 9.08. The van der Waals surface area contributed by atoms with Crippen molar-refractivity contribution in [3.05, 3.63) is 18.0 Å². The second-order valence-electron chi connectivity index (χ2n) is 4.27. The van der Waals surface area contributed by atoms with Crippen molar-refractivity contribution >= 4 is 0 Å². The lowest BCUT2D eigenvalue weighted by molar-refractivity contribution is 0.0677. The molecule has 0 aliphatic carbocycles. The van der Waals surface area contributed by atoms with Crippen molar-refractivity contribution in [3.63, 3.8) is 0 Å². The summed E-state index contributed by atoms with van der Waals surface area (Å²) >= 11 is 0. The molecule has 1 aromatic heterocycles. The predicted octanol–water partition coefficient (Wildman–Crippen LogP) is 1.61. The van der Waals surface area contributed by atoms with Crippen LogP contribution in [0.2, 0.25) is 0 Å². The number of aryl methyl sites for hydroxylation is 1. The van der Waals surface area contributed by atoms with Gasteiger partial charge in [-0.25, -0.2) is 0 Å². The van der Waals surface area contributed by atoms with Crippen LogP contribution in [0.15, 0.2) is 12.4 Å². The van der Waals surface area contributed by atoms with Crippen LogP contribution in [0.5, 0.6) is 0 Å². The fourth-order valence-electron chi connectivity index (χ4n) is 1.72. The molecule has 1 unspecified atom stereocenters. The Hall–Kier alpha value is -0.910. The van der Waals surface area contributed by atoms with Crippen LogP contribution in [-0.2, 0) is 16.0 Å². The summed E-state index contributed by atoms with van der Waals surface area (Å²) < 4.78 is 12.3. The van der Waals surface area contributed by atoms with Gasteiger partial charge >= 0.3 is 0 Å². The van der Waals surface area contributed by atoms with Crippen LogP contribution in [-0.4, -0.2) is 43.3 Å². The Bertz CT molecular complexity index is 315. The number of nitrogens with zero attached hydrogens (tertiary/aromatic N) is 2. The van der Waals surface area contributed by atoms with Crippen LogP contribution in [0.1, 0.15) is 31.9 Å². The van der Waals surface area contributed by atoms with E-state index in [0.717, 1.165) is 26.1 Å². The largest absolute Gasteiger partial charge is 0.382 e. The van der Waals surface area contributed by atoms with Gasteiger partial charge in [0.05, 0.1) is 19.4 Å². The van der Waals surface area contributed by atoms with Crippen molar-refractivity contribution < 1.29 is 9.47 Å². The highest BCUT2D eigenvalue weighted by Gasteiger charge is 2.06. The zero-order chi connectivity index (χ0) is 13.2. The van der Waals surface area contributed by atoms with Gasteiger partial charge in [-0.2, -0.15) is 5.10 Å². The SMILES string of the molecule is CCNC(C)c1cnn(CCCOCCOC)c1. The number of rotatable bonds is 10. The third-order valence-electron chi connectivity index (χ3n) is 2.77. The Morgan fingerprint density at radius 2 is 2.22 bits per heavy atom. The molecule has 1 heterocycles. The predicted molar refractivity (Wildman–Crippen MR) is 71.6 cm³/mol. The molecule has 0 amide bonds. The molecule has 0 aliphatic rings. The molecule has 1 rings (SSSR count). The Kier molecular flexibility index (Phi) is 7.64. The van der Waals surface area contributed by atoms with Crippen LogP contribution < -0.4 is 5.32 Å². The van der Waals surface area contributed by atoms with E-state index in [1.54, 1.807) is 7.11 Å². The van der Waals surface area contributed by atoms with Crippen LogP contribution in [0.4, 0.5) is 0 Å². The van der Waals surface area contributed by atoms with E-state index in [1.807, 2.05) is 10.9 Å². The van der Waals surface area contributed by atoms with Crippen molar-refractivity contribution in [1.82, 2.24) is 15.1 Å². The maximum Gasteiger partial charge on any atom is 0.0700 e. The van der Waals surface area contributed by atoms with Gasteiger partial charge in [0, 0.05) is 38.1 Å². The van der Waals surface area contributed by atoms with E-state index >= 15 is 0 Å². The Morgan fingerprint density at radius 1 is 1.39 bits per heavy atom. The normalized spacial score (nSPS) is 12.8. The fraction of sp³-hybridized carbons (Fsp3) is 0.769. The van der Waals surface area contributed by atoms with Gasteiger partial charge in [-0.05, 0) is 19.9 Å². The van der Waals surface area contributed by atoms with Gasteiger partial charge in [-0.3, -0.25) is 4.68 Å². The molecule has 104 valence electrons. The lowest BCUT2D eigenvalue weighted by Gasteiger charge is -2.08. The number of hydrogen-bond donors (Lipinski definition) is 1. The van der Waals surface area contributed by atoms with Gasteiger partial charge in [0.15, 0.2) is 0 Å². The molecule has 0 saturated carbocycles. The zero-order valence-electron chi connectivity index (χ0n) is 11.7. The standard InChI is InChI=1S/C13H25N3O2/c1-4-14-12(2)13-10-15-16(11-13)6-5-7-18-9-8-17-3/h10-12,14H,4-9H2,1-3H3. The highest BCUT2D eigenvalue weighted by Crippen LogP contribution is 2.10. The molecule has 1 atom stereocenters. The highest BCUT2D eigenvalue weighted by atomic mass is 16.5. The number of hydrogen-bond acceptors (Lipinski definition) is 4. The fourth-order valence-corrected chi connectivity index (χ4v) is 1.72. The molecule has 5 nitrogen and oxygen atoms in total. The minimum absolute atomic E-state index is 0.363. The van der Waals surface area contributed by atoms with Crippen LogP contribution in [0, 0.1) is 0 Å². The first-order chi connectivity index (χ1) is 8.77. The lowest BCUT2D eigenvalue weighted by atomic mass is 10.2. The molecule has 0 aliphatic heterocycles. The molecule has 1 aromatic rings. The zero-order valence-corrected chi connectivity index (χ0v) is 11.7. The summed E-state index contributed by atoms with van der Waals surface area (Å²) in [6.45, 7) is 8.20. The van der Waals surface area contributed by atoms with Gasteiger partial charge in [0.1, 0.15) is 0 Å². The topological polar surface area (TPSA) is 48.3 Å². The molecular weight excluding hydrogens is 230 g/mol. The van der Waals surface area contributed by atoms with Gasteiger partial charge in [-0.1, -0.05) is 6.92 Å². The highest BCUT2D eigenvalue weighted by molar-refractivity contribution is 5.08. The van der Waals surface area contributed by atoms with Gasteiger partial charge in [0.2, 0.25) is 0 Å². The quantitative estimate of drug-likeness (QED) is 0.645. The van der Waals surface area contributed by atoms with Crippen molar-refractivity contribution in [2.75, 3.05) is 33.5 Å². The summed E-state index contributed by atoms with van der Waals surface area (Å²) in [6, 6.07) is 0.363. The third-order valence-corrected chi connectivity index (χ3v) is 2.77. The molecule has 0 radical (unpaired) electrons. The van der Waals surface area contributed by atoms with E-state index < -0.39 is 0 Å². The van der Waals surface area contributed by atoms with E-state index in [2.05, 4.69) is 30.5 Å². The Labute approximate surface area is 109 Å². The molecule has 1 N–H and O–H groups in total. The first-order valence-electron chi connectivity index (χ1n) is 6.60. The van der Waals surface area contributed by atoms with Gasteiger partial charge in [-0.15, -0.1) is 0 Å². The summed E-state index contributed by atoms with van der Waals surface area (Å²) in [6.07, 6.45) is 5.00. The minimum atomic E-state index is 0.363. The number of methoxy groups -OCH3 is 1. The number of aromatic nitrogens is 2. The first-order valence-corrected chi connectivity index (χ1v) is 6.60. The minimum Gasteiger partial charge on any atom is -0.382 e. The molecule has 0 fully saturated rings. The van der Waals surface area contributed by atoms with Crippen molar-refractivity contribution in [3.8, 4) is 0 Å². The average Bonchev–Trinajstić information content (AvgIpc) is 2.83. The smallest absolute Gasteiger partial charge is 0.0700 e. The lowest BCUT2D eigenvalue weighted by Crippen LogP contribution is -2.17. The molecule has 0 bridgehead atoms. The average molecular weight is 255 g/mol. The van der Waals surface area contributed by atoms with E-state index in [1.165, 1.54) is 5.56 Å². The van der Waals surface area contributed by atoms with Crippen molar-refractivity contribution in [1.29, 1.82) is 0 Å². The van der Waals surface area contributed by atoms with Crippen LogP contribution in [0.25, 0.3) is 0 Å². The summed E-state index contributed by atoms with van der Waals surface area (Å²) in [5, 5.41) is 7.72. The summed E-state index contributed by atoms with van der Waals surface area (Å²) in [7, 11) is 1.68. The van der Waals surface area contributed by atoms with Crippen molar-refractivity contribution in [2.45, 2.75) is 32.9 Å². The van der Waals surface area contributed by atoms with E-state index in [4.69, 9.17) is 9.47 Å². The van der Waals surface area contributed by atoms with E-state index in [-0.39, 0.29) is 0 Å². The monoisotopic (exact) mass is 255 g/mol. The van der Waals surface area contributed by atoms with Gasteiger partial charge in [0.25, 0.3) is 0 Å². The molecule has 5 heteroatoms. The summed E-state index contributed by atoms with van der Waals surface area (Å²) in [5.41, 5.74) is 1.23. The van der Waals surface area contributed by atoms with E-state index in [0.29, 0.717) is 19.3 Å². The molecular formula is C13H25N3O2. The van der Waals surface area contributed by atoms with Crippen LogP contribution in [0.3, 0.4) is 0 Å². The van der Waals surface area contributed by atoms with E-state index in [9.17, 15) is 0 Å². The maximum atomic E-state index is 5.41. The Morgan fingerprint density at radius 3 is 2.94 bits per heavy atom. The van der Waals surface area contributed by atoms with Gasteiger partial charge < -0.3 is 14.8 Å².